The van der Waals surface area contributed by atoms with Crippen molar-refractivity contribution >= 4 is 0 Å². The summed E-state index contributed by atoms with van der Waals surface area (Å²) in [6.45, 7) is 2.82. The first-order chi connectivity index (χ1) is 8.86. The molecule has 0 radical (unpaired) electrons. The molecule has 18 heavy (non-hydrogen) atoms. The number of rotatable bonds is 3. The number of nitrogens with zero attached hydrogens (tertiary/aromatic N) is 3. The van der Waals surface area contributed by atoms with Crippen LogP contribution in [0.15, 0.2) is 18.2 Å². The van der Waals surface area contributed by atoms with E-state index < -0.39 is 0 Å². The summed E-state index contributed by atoms with van der Waals surface area (Å²) in [6.07, 6.45) is 3.19. The van der Waals surface area contributed by atoms with Crippen LogP contribution in [0.4, 0.5) is 0 Å². The quantitative estimate of drug-likeness (QED) is 0.895. The monoisotopic (exact) mass is 244 g/mol. The van der Waals surface area contributed by atoms with Crippen LogP contribution in [0, 0.1) is 0 Å². The predicted molar refractivity (Wildman–Crippen MR) is 66.6 cm³/mol. The Morgan fingerprint density at radius 1 is 1.44 bits per heavy atom. The summed E-state index contributed by atoms with van der Waals surface area (Å²) >= 11 is 0. The molecule has 1 atom stereocenters. The van der Waals surface area contributed by atoms with E-state index in [1.165, 1.54) is 11.1 Å². The van der Waals surface area contributed by atoms with Crippen LogP contribution in [0.5, 0.6) is 5.75 Å². The van der Waals surface area contributed by atoms with Gasteiger partial charge in [-0.15, -0.1) is 10.2 Å². The molecule has 0 aliphatic carbocycles. The van der Waals surface area contributed by atoms with E-state index in [2.05, 4.69) is 45.7 Å². The summed E-state index contributed by atoms with van der Waals surface area (Å²) in [7, 11) is 0. The van der Waals surface area contributed by atoms with Crippen molar-refractivity contribution < 1.29 is 4.74 Å². The molecule has 2 aromatic rings. The largest absolute Gasteiger partial charge is 0.493 e. The molecular formula is C13H16N4O. The zero-order valence-electron chi connectivity index (χ0n) is 10.4. The summed E-state index contributed by atoms with van der Waals surface area (Å²) in [5.74, 6) is 1.93. The summed E-state index contributed by atoms with van der Waals surface area (Å²) in [6, 6.07) is 6.47. The number of aromatic amines is 1. The first kappa shape index (κ1) is 11.2. The number of benzene rings is 1. The highest BCUT2D eigenvalue weighted by Gasteiger charge is 2.24. The molecule has 94 valence electrons. The second-order valence-electron chi connectivity index (χ2n) is 4.67. The van der Waals surface area contributed by atoms with E-state index in [-0.39, 0.29) is 5.92 Å². The van der Waals surface area contributed by atoms with Gasteiger partial charge in [0.2, 0.25) is 0 Å². The average Bonchev–Trinajstić information content (AvgIpc) is 2.92. The summed E-state index contributed by atoms with van der Waals surface area (Å²) in [5, 5.41) is 14.2. The number of hydrogen-bond acceptors (Lipinski definition) is 4. The number of ether oxygens (including phenoxy) is 1. The van der Waals surface area contributed by atoms with Gasteiger partial charge in [0.1, 0.15) is 5.75 Å². The Hall–Kier alpha value is -1.91. The number of fused-ring (bicyclic) bond motifs is 1. The Balaban J connectivity index is 1.84. The predicted octanol–water partition coefficient (Wildman–Crippen LogP) is 1.87. The number of H-pyrrole nitrogens is 1. The number of hydrogen-bond donors (Lipinski definition) is 1. The fourth-order valence-electron chi connectivity index (χ4n) is 2.40. The van der Waals surface area contributed by atoms with Gasteiger partial charge in [0.05, 0.1) is 12.5 Å². The van der Waals surface area contributed by atoms with Crippen molar-refractivity contribution in [3.63, 3.8) is 0 Å². The molecule has 1 aromatic heterocycles. The van der Waals surface area contributed by atoms with Gasteiger partial charge in [-0.3, -0.25) is 0 Å². The van der Waals surface area contributed by atoms with Gasteiger partial charge in [0.25, 0.3) is 0 Å². The van der Waals surface area contributed by atoms with E-state index in [1.54, 1.807) is 0 Å². The Kier molecular flexibility index (Phi) is 2.96. The highest BCUT2D eigenvalue weighted by Crippen LogP contribution is 2.31. The molecule has 2 heterocycles. The minimum absolute atomic E-state index is 0.202. The Bertz CT molecular complexity index is 524. The third kappa shape index (κ3) is 2.08. The fourth-order valence-corrected chi connectivity index (χ4v) is 2.40. The molecule has 0 spiro atoms. The molecule has 0 amide bonds. The smallest absolute Gasteiger partial charge is 0.181 e. The molecule has 1 unspecified atom stereocenters. The Morgan fingerprint density at radius 2 is 2.39 bits per heavy atom. The maximum atomic E-state index is 5.77. The SMILES string of the molecule is CCCc1ccc2c(c1)CC(c1nn[nH]n1)CO2. The molecule has 3 rings (SSSR count). The molecule has 5 heteroatoms. The average molecular weight is 244 g/mol. The lowest BCUT2D eigenvalue weighted by Gasteiger charge is -2.23. The minimum Gasteiger partial charge on any atom is -0.493 e. The van der Waals surface area contributed by atoms with E-state index >= 15 is 0 Å². The molecule has 1 N–H and O–H groups in total. The standard InChI is InChI=1S/C13H16N4O/c1-2-3-9-4-5-12-10(6-9)7-11(8-18-12)13-14-16-17-15-13/h4-6,11H,2-3,7-8H2,1H3,(H,14,15,16,17). The van der Waals surface area contributed by atoms with Crippen LogP contribution in [0.3, 0.4) is 0 Å². The molecule has 0 saturated heterocycles. The van der Waals surface area contributed by atoms with E-state index in [9.17, 15) is 0 Å². The molecule has 5 nitrogen and oxygen atoms in total. The highest BCUT2D eigenvalue weighted by molar-refractivity contribution is 5.40. The number of tetrazole rings is 1. The third-order valence-corrected chi connectivity index (χ3v) is 3.30. The van der Waals surface area contributed by atoms with Crippen LogP contribution < -0.4 is 4.74 Å². The normalized spacial score (nSPS) is 18.2. The molecule has 1 aliphatic rings. The van der Waals surface area contributed by atoms with Crippen LogP contribution in [0.2, 0.25) is 0 Å². The van der Waals surface area contributed by atoms with Crippen LogP contribution in [-0.4, -0.2) is 27.2 Å². The molecular weight excluding hydrogens is 228 g/mol. The molecule has 1 aromatic carbocycles. The number of aromatic nitrogens is 4. The Labute approximate surface area is 106 Å². The highest BCUT2D eigenvalue weighted by atomic mass is 16.5. The van der Waals surface area contributed by atoms with Gasteiger partial charge in [0, 0.05) is 0 Å². The van der Waals surface area contributed by atoms with Crippen LogP contribution in [0.1, 0.15) is 36.2 Å². The van der Waals surface area contributed by atoms with Crippen LogP contribution in [0.25, 0.3) is 0 Å². The van der Waals surface area contributed by atoms with Crippen molar-refractivity contribution in [2.24, 2.45) is 0 Å². The maximum Gasteiger partial charge on any atom is 0.181 e. The fraction of sp³-hybridized carbons (Fsp3) is 0.462. The number of aryl methyl sites for hydroxylation is 1. The van der Waals surface area contributed by atoms with Crippen LogP contribution >= 0.6 is 0 Å². The van der Waals surface area contributed by atoms with Gasteiger partial charge < -0.3 is 4.74 Å². The lowest BCUT2D eigenvalue weighted by atomic mass is 9.94. The van der Waals surface area contributed by atoms with Crippen LogP contribution in [-0.2, 0) is 12.8 Å². The van der Waals surface area contributed by atoms with Crippen molar-refractivity contribution in [2.45, 2.75) is 32.1 Å². The topological polar surface area (TPSA) is 63.7 Å². The van der Waals surface area contributed by atoms with Gasteiger partial charge in [-0.2, -0.15) is 5.21 Å². The van der Waals surface area contributed by atoms with Gasteiger partial charge in [0.15, 0.2) is 5.82 Å². The van der Waals surface area contributed by atoms with E-state index in [4.69, 9.17) is 4.74 Å². The van der Waals surface area contributed by atoms with E-state index in [0.717, 1.165) is 30.8 Å². The first-order valence-corrected chi connectivity index (χ1v) is 6.34. The lowest BCUT2D eigenvalue weighted by Crippen LogP contribution is -2.20. The van der Waals surface area contributed by atoms with Gasteiger partial charge in [-0.1, -0.05) is 30.7 Å². The van der Waals surface area contributed by atoms with Crippen molar-refractivity contribution in [2.75, 3.05) is 6.61 Å². The zero-order valence-corrected chi connectivity index (χ0v) is 10.4. The molecule has 0 bridgehead atoms. The van der Waals surface area contributed by atoms with Gasteiger partial charge in [-0.05, 0) is 30.0 Å². The maximum absolute atomic E-state index is 5.77. The van der Waals surface area contributed by atoms with Crippen molar-refractivity contribution in [1.29, 1.82) is 0 Å². The second-order valence-corrected chi connectivity index (χ2v) is 4.67. The van der Waals surface area contributed by atoms with Gasteiger partial charge >= 0.3 is 0 Å². The van der Waals surface area contributed by atoms with Crippen molar-refractivity contribution in [3.8, 4) is 5.75 Å². The van der Waals surface area contributed by atoms with E-state index in [1.807, 2.05) is 0 Å². The molecule has 1 aliphatic heterocycles. The lowest BCUT2D eigenvalue weighted by molar-refractivity contribution is 0.257. The second kappa shape index (κ2) is 4.76. The first-order valence-electron chi connectivity index (χ1n) is 6.34. The Morgan fingerprint density at radius 3 is 3.17 bits per heavy atom. The molecule has 0 saturated carbocycles. The zero-order chi connectivity index (χ0) is 12.4. The summed E-state index contributed by atoms with van der Waals surface area (Å²) < 4.78 is 5.77. The van der Waals surface area contributed by atoms with Gasteiger partial charge in [-0.25, -0.2) is 0 Å². The molecule has 0 fully saturated rings. The minimum atomic E-state index is 0.202. The van der Waals surface area contributed by atoms with Crippen molar-refractivity contribution in [3.05, 3.63) is 35.2 Å². The number of nitrogens with one attached hydrogen (secondary N) is 1. The summed E-state index contributed by atoms with van der Waals surface area (Å²) in [4.78, 5) is 0. The third-order valence-electron chi connectivity index (χ3n) is 3.30. The van der Waals surface area contributed by atoms with E-state index in [0.29, 0.717) is 6.61 Å². The van der Waals surface area contributed by atoms with Crippen molar-refractivity contribution in [1.82, 2.24) is 20.6 Å². The summed E-state index contributed by atoms with van der Waals surface area (Å²) in [5.41, 5.74) is 2.62.